The molecule has 2 nitrogen and oxygen atoms in total. The minimum absolute atomic E-state index is 0.268. The third kappa shape index (κ3) is 1.16. The number of rotatable bonds is 1. The van der Waals surface area contributed by atoms with Gasteiger partial charge in [0, 0.05) is 0 Å². The lowest BCUT2D eigenvalue weighted by Gasteiger charge is -1.97. The van der Waals surface area contributed by atoms with E-state index in [1.807, 2.05) is 6.92 Å². The van der Waals surface area contributed by atoms with Gasteiger partial charge in [-0.1, -0.05) is 0 Å². The quantitative estimate of drug-likeness (QED) is 0.587. The standard InChI is InChI=1S/C8H9NO/c1-6-5-7(10)3-4-8(6)9-2/h3-5,10H,2H2,1H3. The van der Waals surface area contributed by atoms with Crippen molar-refractivity contribution in [2.45, 2.75) is 6.92 Å². The van der Waals surface area contributed by atoms with E-state index in [4.69, 9.17) is 5.11 Å². The van der Waals surface area contributed by atoms with Crippen molar-refractivity contribution in [1.82, 2.24) is 0 Å². The fraction of sp³-hybridized carbons (Fsp3) is 0.125. The normalized spacial score (nSPS) is 9.30. The zero-order valence-corrected chi connectivity index (χ0v) is 5.83. The van der Waals surface area contributed by atoms with Crippen LogP contribution in [-0.2, 0) is 0 Å². The Balaban J connectivity index is 3.19. The molecular formula is C8H9NO. The SMILES string of the molecule is C=Nc1ccc(O)cc1C. The molecule has 0 aliphatic rings. The van der Waals surface area contributed by atoms with Gasteiger partial charge < -0.3 is 5.11 Å². The van der Waals surface area contributed by atoms with Gasteiger partial charge in [-0.15, -0.1) is 0 Å². The maximum Gasteiger partial charge on any atom is 0.115 e. The lowest BCUT2D eigenvalue weighted by atomic mass is 10.2. The van der Waals surface area contributed by atoms with Gasteiger partial charge in [-0.25, -0.2) is 0 Å². The van der Waals surface area contributed by atoms with Gasteiger partial charge in [0.2, 0.25) is 0 Å². The van der Waals surface area contributed by atoms with Gasteiger partial charge in [-0.2, -0.15) is 0 Å². The summed E-state index contributed by atoms with van der Waals surface area (Å²) in [4.78, 5) is 3.75. The minimum atomic E-state index is 0.268. The van der Waals surface area contributed by atoms with Crippen LogP contribution in [0.25, 0.3) is 0 Å². The maximum atomic E-state index is 8.97. The number of phenols is 1. The molecule has 52 valence electrons. The van der Waals surface area contributed by atoms with Gasteiger partial charge >= 0.3 is 0 Å². The molecule has 0 heterocycles. The Labute approximate surface area is 59.9 Å². The fourth-order valence-electron chi connectivity index (χ4n) is 0.817. The van der Waals surface area contributed by atoms with Crippen LogP contribution in [0.5, 0.6) is 5.75 Å². The monoisotopic (exact) mass is 135 g/mol. The summed E-state index contributed by atoms with van der Waals surface area (Å²) in [7, 11) is 0. The summed E-state index contributed by atoms with van der Waals surface area (Å²) in [6.07, 6.45) is 0. The topological polar surface area (TPSA) is 32.6 Å². The Kier molecular flexibility index (Phi) is 1.71. The molecule has 0 saturated heterocycles. The predicted molar refractivity (Wildman–Crippen MR) is 42.1 cm³/mol. The molecule has 1 N–H and O–H groups in total. The molecule has 1 aromatic rings. The third-order valence-corrected chi connectivity index (χ3v) is 1.35. The first-order valence-electron chi connectivity index (χ1n) is 3.00. The summed E-state index contributed by atoms with van der Waals surface area (Å²) in [6, 6.07) is 4.98. The van der Waals surface area contributed by atoms with Crippen molar-refractivity contribution in [3.05, 3.63) is 23.8 Å². The second kappa shape index (κ2) is 2.52. The van der Waals surface area contributed by atoms with E-state index < -0.39 is 0 Å². The van der Waals surface area contributed by atoms with Gasteiger partial charge in [0.05, 0.1) is 5.69 Å². The van der Waals surface area contributed by atoms with Crippen molar-refractivity contribution in [3.63, 3.8) is 0 Å². The van der Waals surface area contributed by atoms with Crippen molar-refractivity contribution >= 4 is 12.4 Å². The summed E-state index contributed by atoms with van der Waals surface area (Å²) >= 11 is 0. The number of hydrogen-bond acceptors (Lipinski definition) is 2. The molecule has 0 aromatic heterocycles. The first-order chi connectivity index (χ1) is 4.74. The molecule has 0 fully saturated rings. The number of aliphatic imine (C=N–C) groups is 1. The zero-order valence-electron chi connectivity index (χ0n) is 5.83. The molecule has 0 unspecified atom stereocenters. The first-order valence-corrected chi connectivity index (χ1v) is 3.00. The highest BCUT2D eigenvalue weighted by Gasteiger charge is 1.94. The second-order valence-electron chi connectivity index (χ2n) is 2.13. The Bertz CT molecular complexity index is 255. The number of hydrogen-bond donors (Lipinski definition) is 1. The highest BCUT2D eigenvalue weighted by Crippen LogP contribution is 2.21. The van der Waals surface area contributed by atoms with Crippen molar-refractivity contribution in [2.24, 2.45) is 4.99 Å². The average Bonchev–Trinajstić information content (AvgIpc) is 1.88. The summed E-state index contributed by atoms with van der Waals surface area (Å²) in [6.45, 7) is 5.27. The Hall–Kier alpha value is -1.31. The van der Waals surface area contributed by atoms with E-state index in [9.17, 15) is 0 Å². The van der Waals surface area contributed by atoms with E-state index in [0.717, 1.165) is 11.3 Å². The smallest absolute Gasteiger partial charge is 0.115 e. The molecule has 0 spiro atoms. The van der Waals surface area contributed by atoms with Crippen LogP contribution in [0.15, 0.2) is 23.2 Å². The number of benzene rings is 1. The molecule has 0 amide bonds. The number of aromatic hydroxyl groups is 1. The van der Waals surface area contributed by atoms with Crippen LogP contribution in [0.4, 0.5) is 5.69 Å². The molecular weight excluding hydrogens is 126 g/mol. The van der Waals surface area contributed by atoms with Crippen LogP contribution >= 0.6 is 0 Å². The van der Waals surface area contributed by atoms with E-state index in [1.54, 1.807) is 18.2 Å². The van der Waals surface area contributed by atoms with Crippen LogP contribution in [0, 0.1) is 6.92 Å². The van der Waals surface area contributed by atoms with Crippen molar-refractivity contribution in [3.8, 4) is 5.75 Å². The Morgan fingerprint density at radius 2 is 2.20 bits per heavy atom. The molecule has 0 bridgehead atoms. The molecule has 0 aliphatic carbocycles. The molecule has 0 saturated carbocycles. The lowest BCUT2D eigenvalue weighted by Crippen LogP contribution is -1.72. The summed E-state index contributed by atoms with van der Waals surface area (Å²) in [5.74, 6) is 0.268. The maximum absolute atomic E-state index is 8.97. The third-order valence-electron chi connectivity index (χ3n) is 1.35. The van der Waals surface area contributed by atoms with Gasteiger partial charge in [-0.3, -0.25) is 4.99 Å². The minimum Gasteiger partial charge on any atom is -0.508 e. The van der Waals surface area contributed by atoms with Gasteiger partial charge in [-0.05, 0) is 37.4 Å². The highest BCUT2D eigenvalue weighted by molar-refractivity contribution is 5.53. The van der Waals surface area contributed by atoms with Gasteiger partial charge in [0.1, 0.15) is 5.75 Å². The summed E-state index contributed by atoms with van der Waals surface area (Å²) in [5.41, 5.74) is 1.76. The molecule has 1 aromatic carbocycles. The first kappa shape index (κ1) is 6.81. The summed E-state index contributed by atoms with van der Waals surface area (Å²) < 4.78 is 0. The highest BCUT2D eigenvalue weighted by atomic mass is 16.3. The van der Waals surface area contributed by atoms with E-state index in [-0.39, 0.29) is 5.75 Å². The molecule has 10 heavy (non-hydrogen) atoms. The van der Waals surface area contributed by atoms with Gasteiger partial charge in [0.25, 0.3) is 0 Å². The predicted octanol–water partition coefficient (Wildman–Crippen LogP) is 2.03. The van der Waals surface area contributed by atoms with Crippen LogP contribution in [-0.4, -0.2) is 11.8 Å². The lowest BCUT2D eigenvalue weighted by molar-refractivity contribution is 0.475. The van der Waals surface area contributed by atoms with Crippen molar-refractivity contribution < 1.29 is 5.11 Å². The molecule has 1 rings (SSSR count). The largest absolute Gasteiger partial charge is 0.508 e. The number of aryl methyl sites for hydroxylation is 1. The van der Waals surface area contributed by atoms with E-state index in [1.165, 1.54) is 0 Å². The van der Waals surface area contributed by atoms with Crippen LogP contribution < -0.4 is 0 Å². The van der Waals surface area contributed by atoms with Crippen molar-refractivity contribution in [1.29, 1.82) is 0 Å². The molecule has 2 heteroatoms. The number of nitrogens with zero attached hydrogens (tertiary/aromatic N) is 1. The number of phenolic OH excluding ortho intramolecular Hbond substituents is 1. The average molecular weight is 135 g/mol. The summed E-state index contributed by atoms with van der Waals surface area (Å²) in [5, 5.41) is 8.97. The van der Waals surface area contributed by atoms with Crippen molar-refractivity contribution in [2.75, 3.05) is 0 Å². The van der Waals surface area contributed by atoms with Crippen LogP contribution in [0.3, 0.4) is 0 Å². The van der Waals surface area contributed by atoms with Crippen LogP contribution in [0.1, 0.15) is 5.56 Å². The van der Waals surface area contributed by atoms with E-state index >= 15 is 0 Å². The zero-order chi connectivity index (χ0) is 7.56. The van der Waals surface area contributed by atoms with E-state index in [2.05, 4.69) is 11.7 Å². The molecule has 0 aliphatic heterocycles. The molecule has 0 radical (unpaired) electrons. The Morgan fingerprint density at radius 1 is 1.50 bits per heavy atom. The Morgan fingerprint density at radius 3 is 2.70 bits per heavy atom. The van der Waals surface area contributed by atoms with E-state index in [0.29, 0.717) is 0 Å². The molecule has 0 atom stereocenters. The van der Waals surface area contributed by atoms with Gasteiger partial charge in [0.15, 0.2) is 0 Å². The second-order valence-corrected chi connectivity index (χ2v) is 2.13. The fourth-order valence-corrected chi connectivity index (χ4v) is 0.817. The van der Waals surface area contributed by atoms with Crippen LogP contribution in [0.2, 0.25) is 0 Å².